The van der Waals surface area contributed by atoms with Gasteiger partial charge in [-0.25, -0.2) is 18.3 Å². The molecule has 31 heavy (non-hydrogen) atoms. The van der Waals surface area contributed by atoms with Crippen LogP contribution in [0.25, 0.3) is 0 Å². The van der Waals surface area contributed by atoms with Crippen molar-refractivity contribution in [3.05, 3.63) is 60.7 Å². The number of rotatable bonds is 10. The Balaban J connectivity index is 0.00000341. The first-order valence-corrected chi connectivity index (χ1v) is 10.4. The van der Waals surface area contributed by atoms with Crippen molar-refractivity contribution >= 4 is 0 Å². The molecule has 0 spiro atoms. The third-order valence-corrected chi connectivity index (χ3v) is 4.82. The van der Waals surface area contributed by atoms with Crippen molar-refractivity contribution in [3.8, 4) is 23.3 Å². The van der Waals surface area contributed by atoms with Gasteiger partial charge in [0, 0.05) is 12.8 Å². The number of ether oxygens (including phenoxy) is 2. The third-order valence-electron chi connectivity index (χ3n) is 4.82. The van der Waals surface area contributed by atoms with E-state index < -0.39 is 0 Å². The van der Waals surface area contributed by atoms with E-state index in [9.17, 15) is 0 Å². The van der Waals surface area contributed by atoms with Crippen LogP contribution in [0, 0.1) is 18.8 Å². The summed E-state index contributed by atoms with van der Waals surface area (Å²) in [6, 6.07) is 4.04. The number of aryl methyl sites for hydroxylation is 5. The van der Waals surface area contributed by atoms with Gasteiger partial charge in [0.15, 0.2) is 0 Å². The summed E-state index contributed by atoms with van der Waals surface area (Å²) in [4.78, 5) is 0. The number of nitrogens with zero attached hydrogens (tertiary/aromatic N) is 4. The van der Waals surface area contributed by atoms with E-state index in [1.807, 2.05) is 54.7 Å². The molecule has 3 aromatic rings. The van der Waals surface area contributed by atoms with E-state index in [-0.39, 0.29) is 7.43 Å². The largest absolute Gasteiger partial charge is 0.493 e. The Morgan fingerprint density at radius 1 is 0.871 bits per heavy atom. The zero-order valence-electron chi connectivity index (χ0n) is 18.5. The molecule has 0 aliphatic heterocycles. The van der Waals surface area contributed by atoms with Crippen LogP contribution in [-0.4, -0.2) is 22.3 Å². The predicted octanol–water partition coefficient (Wildman–Crippen LogP) is 3.19. The van der Waals surface area contributed by atoms with Crippen LogP contribution >= 0.6 is 0 Å². The van der Waals surface area contributed by atoms with Gasteiger partial charge >= 0.3 is 0 Å². The molecule has 0 N–H and O–H groups in total. The molecular weight excluding hydrogens is 388 g/mol. The van der Waals surface area contributed by atoms with Crippen LogP contribution in [0.15, 0.2) is 49.6 Å². The number of hydrogen-bond donors (Lipinski definition) is 0. The van der Waals surface area contributed by atoms with Crippen LogP contribution in [0.5, 0.6) is 11.5 Å². The van der Waals surface area contributed by atoms with Crippen LogP contribution in [0.1, 0.15) is 38.3 Å². The maximum atomic E-state index is 6.06. The molecule has 0 unspecified atom stereocenters. The summed E-state index contributed by atoms with van der Waals surface area (Å²) < 4.78 is 20.5. The van der Waals surface area contributed by atoms with Crippen LogP contribution in [0.2, 0.25) is 0 Å². The standard InChI is InChI=1S/C24H32N4O2.CH4/c1-5-8-22-18-23(29-15-6-9-27-13-11-25(3)19-27)21(2)17-24(22)30-16-7-10-28-14-12-26(4)20-28;/h11-14,17-20H,6-7,9-10,15-16H2,1-4H3;1H4/q+2;. The van der Waals surface area contributed by atoms with Gasteiger partial charge in [-0.2, -0.15) is 0 Å². The average Bonchev–Trinajstić information content (AvgIpc) is 3.33. The molecular formula is C25H36N4O2+2. The minimum absolute atomic E-state index is 0. The summed E-state index contributed by atoms with van der Waals surface area (Å²) in [5, 5.41) is 0. The minimum atomic E-state index is 0. The van der Waals surface area contributed by atoms with E-state index in [1.54, 1.807) is 0 Å². The lowest BCUT2D eigenvalue weighted by atomic mass is 10.1. The molecule has 3 rings (SSSR count). The molecule has 0 atom stereocenters. The Labute approximate surface area is 186 Å². The molecule has 6 heteroatoms. The number of benzene rings is 1. The number of aromatic nitrogens is 4. The van der Waals surface area contributed by atoms with E-state index >= 15 is 0 Å². The fourth-order valence-corrected chi connectivity index (χ4v) is 3.30. The maximum Gasteiger partial charge on any atom is 0.243 e. The molecule has 6 nitrogen and oxygen atoms in total. The topological polar surface area (TPSA) is 36.1 Å². The van der Waals surface area contributed by atoms with Gasteiger partial charge in [-0.05, 0) is 31.5 Å². The second-order valence-electron chi connectivity index (χ2n) is 7.53. The smallest absolute Gasteiger partial charge is 0.243 e. The molecule has 2 aromatic heterocycles. The van der Waals surface area contributed by atoms with Crippen LogP contribution < -0.4 is 18.6 Å². The summed E-state index contributed by atoms with van der Waals surface area (Å²) >= 11 is 0. The molecule has 0 aliphatic rings. The van der Waals surface area contributed by atoms with Crippen molar-refractivity contribution in [1.82, 2.24) is 9.13 Å². The van der Waals surface area contributed by atoms with Gasteiger partial charge in [0.25, 0.3) is 0 Å². The second kappa shape index (κ2) is 11.8. The summed E-state index contributed by atoms with van der Waals surface area (Å²) in [6.45, 7) is 7.06. The minimum Gasteiger partial charge on any atom is -0.493 e. The fourth-order valence-electron chi connectivity index (χ4n) is 3.30. The summed E-state index contributed by atoms with van der Waals surface area (Å²) in [7, 11) is 4.05. The third kappa shape index (κ3) is 7.21. The molecule has 0 bridgehead atoms. The fraction of sp³-hybridized carbons (Fsp3) is 0.440. The molecule has 0 saturated heterocycles. The second-order valence-corrected chi connectivity index (χ2v) is 7.53. The zero-order chi connectivity index (χ0) is 21.3. The van der Waals surface area contributed by atoms with Crippen molar-refractivity contribution in [2.24, 2.45) is 14.1 Å². The molecule has 0 aliphatic carbocycles. The normalized spacial score (nSPS) is 10.2. The van der Waals surface area contributed by atoms with Crippen molar-refractivity contribution in [2.75, 3.05) is 13.2 Å². The molecule has 1 aromatic carbocycles. The van der Waals surface area contributed by atoms with E-state index in [2.05, 4.69) is 52.9 Å². The highest BCUT2D eigenvalue weighted by molar-refractivity contribution is 5.53. The Kier molecular flexibility index (Phi) is 9.20. The molecule has 0 fully saturated rings. The van der Waals surface area contributed by atoms with Gasteiger partial charge < -0.3 is 9.47 Å². The molecule has 0 radical (unpaired) electrons. The van der Waals surface area contributed by atoms with Crippen LogP contribution in [0.3, 0.4) is 0 Å². The van der Waals surface area contributed by atoms with E-state index in [4.69, 9.17) is 9.47 Å². The molecule has 166 valence electrons. The quantitative estimate of drug-likeness (QED) is 0.285. The lowest BCUT2D eigenvalue weighted by Crippen LogP contribution is -2.23. The van der Waals surface area contributed by atoms with Crippen molar-refractivity contribution < 1.29 is 18.6 Å². The lowest BCUT2D eigenvalue weighted by Gasteiger charge is -2.13. The van der Waals surface area contributed by atoms with Crippen molar-refractivity contribution in [3.63, 3.8) is 0 Å². The van der Waals surface area contributed by atoms with Crippen LogP contribution in [-0.2, 0) is 27.2 Å². The Morgan fingerprint density at radius 3 is 1.90 bits per heavy atom. The first-order valence-electron chi connectivity index (χ1n) is 10.4. The zero-order valence-corrected chi connectivity index (χ0v) is 18.5. The van der Waals surface area contributed by atoms with Gasteiger partial charge in [-0.1, -0.05) is 13.3 Å². The van der Waals surface area contributed by atoms with Gasteiger partial charge in [-0.3, -0.25) is 0 Å². The summed E-state index contributed by atoms with van der Waals surface area (Å²) in [6.07, 6.45) is 14.2. The summed E-state index contributed by atoms with van der Waals surface area (Å²) in [5.41, 5.74) is 1.94. The SMILES string of the molecule is C.CC#Cc1cc(OCCCn2cc[n+](C)c2)c(C)cc1OCCCn1cc[n+](C)c1. The van der Waals surface area contributed by atoms with Crippen molar-refractivity contribution in [1.29, 1.82) is 0 Å². The Morgan fingerprint density at radius 2 is 1.42 bits per heavy atom. The van der Waals surface area contributed by atoms with Gasteiger partial charge in [0.05, 0.1) is 46.0 Å². The van der Waals surface area contributed by atoms with E-state index in [1.165, 1.54) is 0 Å². The van der Waals surface area contributed by atoms with Crippen LogP contribution in [0.4, 0.5) is 0 Å². The Bertz CT molecular complexity index is 1020. The lowest BCUT2D eigenvalue weighted by molar-refractivity contribution is -0.671. The maximum absolute atomic E-state index is 6.06. The number of imidazole rings is 2. The monoisotopic (exact) mass is 424 g/mol. The highest BCUT2D eigenvalue weighted by atomic mass is 16.5. The predicted molar refractivity (Wildman–Crippen MR) is 122 cm³/mol. The van der Waals surface area contributed by atoms with Gasteiger partial charge in [-0.15, -0.1) is 5.92 Å². The first-order chi connectivity index (χ1) is 14.5. The van der Waals surface area contributed by atoms with E-state index in [0.717, 1.165) is 48.6 Å². The molecule has 2 heterocycles. The highest BCUT2D eigenvalue weighted by Gasteiger charge is 2.10. The van der Waals surface area contributed by atoms with E-state index in [0.29, 0.717) is 13.2 Å². The van der Waals surface area contributed by atoms with Gasteiger partial charge in [0.1, 0.15) is 36.3 Å². The van der Waals surface area contributed by atoms with Crippen molar-refractivity contribution in [2.45, 2.75) is 47.2 Å². The number of hydrogen-bond acceptors (Lipinski definition) is 2. The Hall–Kier alpha value is -3.20. The highest BCUT2D eigenvalue weighted by Crippen LogP contribution is 2.28. The first kappa shape index (κ1) is 24.1. The summed E-state index contributed by atoms with van der Waals surface area (Å²) in [5.74, 6) is 7.84. The van der Waals surface area contributed by atoms with Gasteiger partial charge in [0.2, 0.25) is 12.7 Å². The average molecular weight is 425 g/mol. The molecule has 0 amide bonds. The molecule has 0 saturated carbocycles.